The number of benzene rings is 1. The van der Waals surface area contributed by atoms with Crippen molar-refractivity contribution in [2.24, 2.45) is 0 Å². The van der Waals surface area contributed by atoms with Crippen molar-refractivity contribution >= 4 is 0 Å². The predicted molar refractivity (Wildman–Crippen MR) is 82.9 cm³/mol. The Kier molecular flexibility index (Phi) is 8.99. The van der Waals surface area contributed by atoms with Gasteiger partial charge in [-0.25, -0.2) is 0 Å². The molecule has 1 aromatic carbocycles. The minimum atomic E-state index is -2.78. The SMILES string of the molecule is CCCCCCCC(NCC)c1ccccc1OC(F)F. The van der Waals surface area contributed by atoms with Crippen LogP contribution in [-0.4, -0.2) is 13.2 Å². The van der Waals surface area contributed by atoms with Crippen LogP contribution >= 0.6 is 0 Å². The van der Waals surface area contributed by atoms with Gasteiger partial charge in [0, 0.05) is 11.6 Å². The Morgan fingerprint density at radius 2 is 1.76 bits per heavy atom. The highest BCUT2D eigenvalue weighted by Crippen LogP contribution is 2.29. The molecule has 1 rings (SSSR count). The number of nitrogens with one attached hydrogen (secondary N) is 1. The molecule has 0 aliphatic rings. The second-order valence-electron chi connectivity index (χ2n) is 5.23. The summed E-state index contributed by atoms with van der Waals surface area (Å²) in [6.07, 6.45) is 6.96. The van der Waals surface area contributed by atoms with E-state index in [1.165, 1.54) is 25.7 Å². The lowest BCUT2D eigenvalue weighted by Gasteiger charge is -2.21. The minimum Gasteiger partial charge on any atom is -0.434 e. The molecule has 0 saturated heterocycles. The third-order valence-corrected chi connectivity index (χ3v) is 3.56. The number of hydrogen-bond acceptors (Lipinski definition) is 2. The lowest BCUT2D eigenvalue weighted by Crippen LogP contribution is -2.22. The number of para-hydroxylation sites is 1. The van der Waals surface area contributed by atoms with Gasteiger partial charge in [-0.15, -0.1) is 0 Å². The molecule has 120 valence electrons. The smallest absolute Gasteiger partial charge is 0.387 e. The summed E-state index contributed by atoms with van der Waals surface area (Å²) < 4.78 is 29.6. The van der Waals surface area contributed by atoms with Gasteiger partial charge in [0.2, 0.25) is 0 Å². The molecule has 0 aliphatic heterocycles. The highest BCUT2D eigenvalue weighted by atomic mass is 19.3. The molecule has 0 bridgehead atoms. The maximum absolute atomic E-state index is 12.5. The van der Waals surface area contributed by atoms with E-state index in [0.717, 1.165) is 24.9 Å². The molecule has 0 amide bonds. The van der Waals surface area contributed by atoms with Crippen molar-refractivity contribution in [3.8, 4) is 5.75 Å². The summed E-state index contributed by atoms with van der Waals surface area (Å²) in [5.41, 5.74) is 0.829. The average Bonchev–Trinajstić information content (AvgIpc) is 2.46. The van der Waals surface area contributed by atoms with Crippen molar-refractivity contribution in [1.29, 1.82) is 0 Å². The molecular formula is C17H27F2NO. The molecule has 2 nitrogen and oxygen atoms in total. The number of unbranched alkanes of at least 4 members (excludes halogenated alkanes) is 4. The van der Waals surface area contributed by atoms with E-state index in [1.807, 2.05) is 19.1 Å². The zero-order chi connectivity index (χ0) is 15.5. The molecule has 1 N–H and O–H groups in total. The van der Waals surface area contributed by atoms with Crippen molar-refractivity contribution in [3.05, 3.63) is 29.8 Å². The van der Waals surface area contributed by atoms with E-state index >= 15 is 0 Å². The van der Waals surface area contributed by atoms with Gasteiger partial charge in [-0.1, -0.05) is 64.2 Å². The van der Waals surface area contributed by atoms with Crippen molar-refractivity contribution < 1.29 is 13.5 Å². The van der Waals surface area contributed by atoms with E-state index in [0.29, 0.717) is 0 Å². The van der Waals surface area contributed by atoms with Crippen LogP contribution in [0.4, 0.5) is 8.78 Å². The van der Waals surface area contributed by atoms with Gasteiger partial charge in [-0.05, 0) is 19.0 Å². The molecule has 1 aromatic rings. The zero-order valence-corrected chi connectivity index (χ0v) is 13.1. The molecule has 0 heterocycles. The Hall–Kier alpha value is -1.16. The van der Waals surface area contributed by atoms with Gasteiger partial charge >= 0.3 is 6.61 Å². The minimum absolute atomic E-state index is 0.0755. The van der Waals surface area contributed by atoms with Gasteiger partial charge in [-0.2, -0.15) is 8.78 Å². The average molecular weight is 299 g/mol. The Morgan fingerprint density at radius 1 is 1.05 bits per heavy atom. The van der Waals surface area contributed by atoms with Crippen LogP contribution in [0.5, 0.6) is 5.75 Å². The Morgan fingerprint density at radius 3 is 2.43 bits per heavy atom. The molecule has 0 spiro atoms. The number of hydrogen-bond donors (Lipinski definition) is 1. The van der Waals surface area contributed by atoms with E-state index in [4.69, 9.17) is 0 Å². The first-order chi connectivity index (χ1) is 10.2. The van der Waals surface area contributed by atoms with Gasteiger partial charge in [0.15, 0.2) is 0 Å². The van der Waals surface area contributed by atoms with Gasteiger partial charge in [0.05, 0.1) is 0 Å². The second kappa shape index (κ2) is 10.6. The summed E-state index contributed by atoms with van der Waals surface area (Å²) in [5.74, 6) is 0.284. The van der Waals surface area contributed by atoms with Crippen LogP contribution in [0, 0.1) is 0 Å². The lowest BCUT2D eigenvalue weighted by molar-refractivity contribution is -0.0507. The van der Waals surface area contributed by atoms with Crippen molar-refractivity contribution in [2.75, 3.05) is 6.54 Å². The second-order valence-corrected chi connectivity index (χ2v) is 5.23. The fraction of sp³-hybridized carbons (Fsp3) is 0.647. The van der Waals surface area contributed by atoms with Crippen LogP contribution in [0.15, 0.2) is 24.3 Å². The largest absolute Gasteiger partial charge is 0.434 e. The zero-order valence-electron chi connectivity index (χ0n) is 13.1. The third kappa shape index (κ3) is 6.89. The molecule has 0 saturated carbocycles. The molecule has 21 heavy (non-hydrogen) atoms. The van der Waals surface area contributed by atoms with E-state index in [2.05, 4.69) is 17.0 Å². The van der Waals surface area contributed by atoms with Gasteiger partial charge in [-0.3, -0.25) is 0 Å². The molecule has 0 radical (unpaired) electrons. The first-order valence-electron chi connectivity index (χ1n) is 7.96. The third-order valence-electron chi connectivity index (χ3n) is 3.56. The fourth-order valence-corrected chi connectivity index (χ4v) is 2.54. The van der Waals surface area contributed by atoms with Crippen LogP contribution in [0.3, 0.4) is 0 Å². The van der Waals surface area contributed by atoms with E-state index in [-0.39, 0.29) is 11.8 Å². The summed E-state index contributed by atoms with van der Waals surface area (Å²) >= 11 is 0. The summed E-state index contributed by atoms with van der Waals surface area (Å²) in [7, 11) is 0. The number of halogens is 2. The van der Waals surface area contributed by atoms with Gasteiger partial charge in [0.25, 0.3) is 0 Å². The van der Waals surface area contributed by atoms with E-state index < -0.39 is 6.61 Å². The predicted octanol–water partition coefficient (Wildman–Crippen LogP) is 5.30. The Bertz CT molecular complexity index is 385. The van der Waals surface area contributed by atoms with Crippen LogP contribution in [0.25, 0.3) is 0 Å². The first-order valence-corrected chi connectivity index (χ1v) is 7.96. The summed E-state index contributed by atoms with van der Waals surface area (Å²) in [5, 5.41) is 3.38. The normalized spacial score (nSPS) is 12.6. The number of ether oxygens (including phenoxy) is 1. The standard InChI is InChI=1S/C17H27F2NO/c1-3-5-6-7-8-12-15(20-4-2)14-11-9-10-13-16(14)21-17(18)19/h9-11,13,15,17,20H,3-8,12H2,1-2H3. The van der Waals surface area contributed by atoms with Gasteiger partial charge in [0.1, 0.15) is 5.75 Å². The quantitative estimate of drug-likeness (QED) is 0.560. The van der Waals surface area contributed by atoms with Crippen LogP contribution in [0.2, 0.25) is 0 Å². The highest BCUT2D eigenvalue weighted by molar-refractivity contribution is 5.36. The lowest BCUT2D eigenvalue weighted by atomic mass is 9.99. The summed E-state index contributed by atoms with van der Waals surface area (Å²) in [6.45, 7) is 2.25. The number of rotatable bonds is 11. The molecule has 0 fully saturated rings. The van der Waals surface area contributed by atoms with E-state index in [1.54, 1.807) is 12.1 Å². The monoisotopic (exact) mass is 299 g/mol. The number of alkyl halides is 2. The van der Waals surface area contributed by atoms with Crippen molar-refractivity contribution in [2.45, 2.75) is 65.0 Å². The molecule has 0 aromatic heterocycles. The first kappa shape index (κ1) is 17.9. The maximum Gasteiger partial charge on any atom is 0.387 e. The maximum atomic E-state index is 12.5. The van der Waals surface area contributed by atoms with Crippen molar-refractivity contribution in [1.82, 2.24) is 5.32 Å². The fourth-order valence-electron chi connectivity index (χ4n) is 2.54. The Balaban J connectivity index is 2.66. The van der Waals surface area contributed by atoms with Gasteiger partial charge < -0.3 is 10.1 Å². The Labute approximate surface area is 126 Å². The highest BCUT2D eigenvalue weighted by Gasteiger charge is 2.17. The van der Waals surface area contributed by atoms with Crippen LogP contribution < -0.4 is 10.1 Å². The molecule has 1 unspecified atom stereocenters. The molecule has 4 heteroatoms. The van der Waals surface area contributed by atoms with Crippen LogP contribution in [0.1, 0.15) is 64.0 Å². The summed E-state index contributed by atoms with van der Waals surface area (Å²) in [4.78, 5) is 0. The topological polar surface area (TPSA) is 21.3 Å². The van der Waals surface area contributed by atoms with E-state index in [9.17, 15) is 8.78 Å². The molecule has 1 atom stereocenters. The summed E-state index contributed by atoms with van der Waals surface area (Å²) in [6, 6.07) is 7.16. The van der Waals surface area contributed by atoms with Crippen LogP contribution in [-0.2, 0) is 0 Å². The van der Waals surface area contributed by atoms with Crippen molar-refractivity contribution in [3.63, 3.8) is 0 Å². The molecule has 0 aliphatic carbocycles. The molecular weight excluding hydrogens is 272 g/mol.